The number of carboxylic acids is 1. The van der Waals surface area contributed by atoms with E-state index in [1.54, 1.807) is 0 Å². The number of likely N-dealkylation sites (tertiary alicyclic amines) is 2. The number of piperidine rings is 1. The smallest absolute Gasteiger partial charge is 0.313 e. The van der Waals surface area contributed by atoms with Crippen molar-refractivity contribution in [2.45, 2.75) is 6.42 Å². The summed E-state index contributed by atoms with van der Waals surface area (Å²) >= 11 is 5.96. The van der Waals surface area contributed by atoms with Crippen LogP contribution in [0.5, 0.6) is 0 Å². The first-order valence-corrected chi connectivity index (χ1v) is 7.43. The molecule has 22 heavy (non-hydrogen) atoms. The number of amides is 1. The molecule has 2 atom stereocenters. The van der Waals surface area contributed by atoms with Gasteiger partial charge in [-0.3, -0.25) is 14.7 Å². The fraction of sp³-hybridized carbons (Fsp3) is 0.615. The summed E-state index contributed by atoms with van der Waals surface area (Å²) in [4.78, 5) is 28.0. The minimum atomic E-state index is -0.916. The average Bonchev–Trinajstić information content (AvgIpc) is 3.00. The number of rotatable bonds is 2. The van der Waals surface area contributed by atoms with Gasteiger partial charge in [-0.1, -0.05) is 11.6 Å². The summed E-state index contributed by atoms with van der Waals surface area (Å²) in [5, 5.41) is 16.0. The lowest BCUT2D eigenvalue weighted by atomic mass is 9.73. The van der Waals surface area contributed by atoms with Crippen LogP contribution in [0.3, 0.4) is 0 Å². The van der Waals surface area contributed by atoms with Gasteiger partial charge in [-0.25, -0.2) is 0 Å². The summed E-state index contributed by atoms with van der Waals surface area (Å²) in [6.07, 6.45) is 0.755. The number of nitrogens with one attached hydrogen (secondary N) is 1. The molecule has 120 valence electrons. The Bertz CT molecular complexity index is 633. The van der Waals surface area contributed by atoms with Crippen LogP contribution in [0.1, 0.15) is 16.9 Å². The molecule has 2 aliphatic rings. The number of aromatic nitrogens is 2. The van der Waals surface area contributed by atoms with Crippen molar-refractivity contribution in [1.29, 1.82) is 0 Å². The van der Waals surface area contributed by atoms with E-state index in [0.717, 1.165) is 13.0 Å². The second-order valence-corrected chi connectivity index (χ2v) is 6.55. The van der Waals surface area contributed by atoms with E-state index in [4.69, 9.17) is 17.3 Å². The number of carboxylic acid groups (broad SMARTS) is 1. The van der Waals surface area contributed by atoms with Gasteiger partial charge in [0.1, 0.15) is 16.1 Å². The summed E-state index contributed by atoms with van der Waals surface area (Å²) in [7, 11) is 1.90. The van der Waals surface area contributed by atoms with Crippen LogP contribution < -0.4 is 5.73 Å². The summed E-state index contributed by atoms with van der Waals surface area (Å²) in [5.74, 6) is -1.19. The Morgan fingerprint density at radius 3 is 2.82 bits per heavy atom. The maximum atomic E-state index is 12.6. The van der Waals surface area contributed by atoms with Gasteiger partial charge in [0.25, 0.3) is 5.91 Å². The van der Waals surface area contributed by atoms with Gasteiger partial charge >= 0.3 is 5.97 Å². The van der Waals surface area contributed by atoms with E-state index >= 15 is 0 Å². The SMILES string of the molecule is CN1CC[C@H]2CN(C(=O)c3[nH]nc(N)c3Cl)C[C@@]2(C(=O)O)C1. The quantitative estimate of drug-likeness (QED) is 0.710. The van der Waals surface area contributed by atoms with Crippen LogP contribution in [0.15, 0.2) is 0 Å². The maximum Gasteiger partial charge on any atom is 0.313 e. The van der Waals surface area contributed by atoms with Crippen molar-refractivity contribution in [1.82, 2.24) is 20.0 Å². The molecule has 2 fully saturated rings. The van der Waals surface area contributed by atoms with Crippen molar-refractivity contribution in [3.05, 3.63) is 10.7 Å². The van der Waals surface area contributed by atoms with E-state index in [9.17, 15) is 14.7 Å². The fourth-order valence-corrected chi connectivity index (χ4v) is 3.73. The van der Waals surface area contributed by atoms with Crippen LogP contribution >= 0.6 is 11.6 Å². The van der Waals surface area contributed by atoms with Crippen molar-refractivity contribution < 1.29 is 14.7 Å². The molecule has 0 saturated carbocycles. The van der Waals surface area contributed by atoms with Crippen LogP contribution in [0.4, 0.5) is 5.82 Å². The van der Waals surface area contributed by atoms with Gasteiger partial charge in [0, 0.05) is 19.6 Å². The minimum absolute atomic E-state index is 0.0517. The maximum absolute atomic E-state index is 12.6. The molecule has 1 aromatic heterocycles. The highest BCUT2D eigenvalue weighted by atomic mass is 35.5. The lowest BCUT2D eigenvalue weighted by Crippen LogP contribution is -2.52. The third-order valence-corrected chi connectivity index (χ3v) is 5.15. The molecule has 3 rings (SSSR count). The van der Waals surface area contributed by atoms with Gasteiger partial charge in [0.2, 0.25) is 0 Å². The Morgan fingerprint density at radius 2 is 2.23 bits per heavy atom. The number of H-pyrrole nitrogens is 1. The largest absolute Gasteiger partial charge is 0.481 e. The van der Waals surface area contributed by atoms with Crippen molar-refractivity contribution >= 4 is 29.3 Å². The van der Waals surface area contributed by atoms with Crippen molar-refractivity contribution in [3.63, 3.8) is 0 Å². The third-order valence-electron chi connectivity index (χ3n) is 4.77. The molecule has 0 radical (unpaired) electrons. The Kier molecular flexibility index (Phi) is 3.53. The number of aromatic amines is 1. The number of hydrogen-bond donors (Lipinski definition) is 3. The molecule has 1 aromatic rings. The van der Waals surface area contributed by atoms with E-state index < -0.39 is 11.4 Å². The number of aliphatic carboxylic acids is 1. The highest BCUT2D eigenvalue weighted by molar-refractivity contribution is 6.35. The number of carbonyl (C=O) groups excluding carboxylic acids is 1. The molecule has 2 saturated heterocycles. The molecule has 4 N–H and O–H groups in total. The summed E-state index contributed by atoms with van der Waals surface area (Å²) in [6.45, 7) is 1.86. The topological polar surface area (TPSA) is 116 Å². The predicted octanol–water partition coefficient (Wildman–Crippen LogP) is 0.124. The van der Waals surface area contributed by atoms with Crippen LogP contribution in [0.2, 0.25) is 5.02 Å². The zero-order valence-electron chi connectivity index (χ0n) is 12.2. The Labute approximate surface area is 132 Å². The molecule has 0 aliphatic carbocycles. The number of anilines is 1. The van der Waals surface area contributed by atoms with Crippen LogP contribution in [0.25, 0.3) is 0 Å². The molecule has 9 heteroatoms. The molecular formula is C13H18ClN5O3. The van der Waals surface area contributed by atoms with Crippen molar-refractivity contribution in [3.8, 4) is 0 Å². The minimum Gasteiger partial charge on any atom is -0.481 e. The molecule has 0 aromatic carbocycles. The van der Waals surface area contributed by atoms with Gasteiger partial charge in [0.05, 0.1) is 0 Å². The molecule has 8 nitrogen and oxygen atoms in total. The van der Waals surface area contributed by atoms with Crippen LogP contribution in [0, 0.1) is 11.3 Å². The molecule has 0 unspecified atom stereocenters. The lowest BCUT2D eigenvalue weighted by Gasteiger charge is -2.39. The Hall–Kier alpha value is -1.80. The average molecular weight is 328 g/mol. The highest BCUT2D eigenvalue weighted by Gasteiger charge is 2.55. The fourth-order valence-electron chi connectivity index (χ4n) is 3.57. The van der Waals surface area contributed by atoms with E-state index in [0.29, 0.717) is 13.1 Å². The zero-order valence-corrected chi connectivity index (χ0v) is 12.9. The molecule has 3 heterocycles. The van der Waals surface area contributed by atoms with E-state index in [1.807, 2.05) is 11.9 Å². The highest BCUT2D eigenvalue weighted by Crippen LogP contribution is 2.42. The second-order valence-electron chi connectivity index (χ2n) is 6.17. The number of hydrogen-bond acceptors (Lipinski definition) is 5. The van der Waals surface area contributed by atoms with E-state index in [1.165, 1.54) is 4.90 Å². The first-order valence-electron chi connectivity index (χ1n) is 7.05. The van der Waals surface area contributed by atoms with E-state index in [2.05, 4.69) is 10.2 Å². The number of halogens is 1. The standard InChI is InChI=1S/C13H18ClN5O3/c1-18-3-2-7-4-19(6-13(7,5-18)12(21)22)11(20)9-8(14)10(15)17-16-9/h7H,2-6H2,1H3,(H,21,22)(H3,15,16,17)/t7-,13-/m0/s1. The number of nitrogens with two attached hydrogens (primary N) is 1. The van der Waals surface area contributed by atoms with Gasteiger partial charge in [-0.15, -0.1) is 0 Å². The Balaban J connectivity index is 1.87. The van der Waals surface area contributed by atoms with Crippen LogP contribution in [-0.2, 0) is 4.79 Å². The normalized spacial score (nSPS) is 28.6. The first-order chi connectivity index (χ1) is 10.3. The summed E-state index contributed by atoms with van der Waals surface area (Å²) in [5.41, 5.74) is 4.74. The second kappa shape index (κ2) is 5.13. The van der Waals surface area contributed by atoms with Crippen LogP contribution in [-0.4, -0.2) is 70.2 Å². The van der Waals surface area contributed by atoms with Gasteiger partial charge < -0.3 is 20.6 Å². The number of fused-ring (bicyclic) bond motifs is 1. The van der Waals surface area contributed by atoms with Crippen molar-refractivity contribution in [2.75, 3.05) is 39.0 Å². The number of carbonyl (C=O) groups is 2. The van der Waals surface area contributed by atoms with Crippen molar-refractivity contribution in [2.24, 2.45) is 11.3 Å². The predicted molar refractivity (Wildman–Crippen MR) is 79.6 cm³/mol. The first kappa shape index (κ1) is 15.1. The molecule has 2 aliphatic heterocycles. The monoisotopic (exact) mass is 327 g/mol. The van der Waals surface area contributed by atoms with Gasteiger partial charge in [0.15, 0.2) is 5.82 Å². The Morgan fingerprint density at radius 1 is 1.50 bits per heavy atom. The molecule has 1 amide bonds. The third kappa shape index (κ3) is 2.14. The van der Waals surface area contributed by atoms with E-state index in [-0.39, 0.29) is 34.9 Å². The lowest BCUT2D eigenvalue weighted by molar-refractivity contribution is -0.153. The zero-order chi connectivity index (χ0) is 16.1. The summed E-state index contributed by atoms with van der Waals surface area (Å²) < 4.78 is 0. The number of nitrogens with zero attached hydrogens (tertiary/aromatic N) is 3. The number of nitrogen functional groups attached to an aromatic ring is 1. The van der Waals surface area contributed by atoms with Gasteiger partial charge in [-0.05, 0) is 25.9 Å². The molecular weight excluding hydrogens is 310 g/mol. The molecule has 0 bridgehead atoms. The molecule has 0 spiro atoms. The summed E-state index contributed by atoms with van der Waals surface area (Å²) in [6, 6.07) is 0. The van der Waals surface area contributed by atoms with Gasteiger partial charge in [-0.2, -0.15) is 5.10 Å².